The molecular formula is C23H23FN4O4. The number of hydrogen-bond acceptors (Lipinski definition) is 6. The summed E-state index contributed by atoms with van der Waals surface area (Å²) in [5.41, 5.74) is 1.71. The van der Waals surface area contributed by atoms with Crippen LogP contribution >= 0.6 is 0 Å². The molecule has 1 aliphatic rings. The molecule has 4 rings (SSSR count). The summed E-state index contributed by atoms with van der Waals surface area (Å²) in [6, 6.07) is 10.8. The third-order valence-corrected chi connectivity index (χ3v) is 5.29. The number of aromatic nitrogens is 3. The molecule has 1 unspecified atom stereocenters. The highest BCUT2D eigenvalue weighted by molar-refractivity contribution is 5.90. The first-order chi connectivity index (χ1) is 15.4. The highest BCUT2D eigenvalue weighted by Crippen LogP contribution is 2.39. The molecule has 166 valence electrons. The number of aliphatic carboxylic acids is 1. The Labute approximate surface area is 184 Å². The fourth-order valence-electron chi connectivity index (χ4n) is 3.67. The van der Waals surface area contributed by atoms with Crippen molar-refractivity contribution in [2.75, 3.05) is 12.4 Å². The van der Waals surface area contributed by atoms with Gasteiger partial charge in [0.15, 0.2) is 17.3 Å². The maximum Gasteiger partial charge on any atom is 0.335 e. The largest absolute Gasteiger partial charge is 0.493 e. The summed E-state index contributed by atoms with van der Waals surface area (Å²) in [5.74, 6) is 0.492. The minimum Gasteiger partial charge on any atom is -0.493 e. The van der Waals surface area contributed by atoms with E-state index in [9.17, 15) is 14.3 Å². The van der Waals surface area contributed by atoms with Gasteiger partial charge >= 0.3 is 5.97 Å². The number of hydrogen-bond donors (Lipinski definition) is 2. The highest BCUT2D eigenvalue weighted by atomic mass is 19.1. The number of aryl methyl sites for hydroxylation is 1. The maximum atomic E-state index is 13.9. The number of halogens is 1. The van der Waals surface area contributed by atoms with Crippen molar-refractivity contribution >= 4 is 11.9 Å². The lowest BCUT2D eigenvalue weighted by atomic mass is 9.95. The average Bonchev–Trinajstić information content (AvgIpc) is 3.20. The molecule has 0 fully saturated rings. The molecule has 2 N–H and O–H groups in total. The van der Waals surface area contributed by atoms with Crippen LogP contribution in [0.15, 0.2) is 53.7 Å². The number of anilines is 1. The summed E-state index contributed by atoms with van der Waals surface area (Å²) in [6.07, 6.45) is 0.613. The molecule has 3 aromatic rings. The Morgan fingerprint density at radius 2 is 2.03 bits per heavy atom. The van der Waals surface area contributed by atoms with Crippen LogP contribution in [0.25, 0.3) is 0 Å². The number of nitrogens with zero attached hydrogens (tertiary/aromatic N) is 3. The van der Waals surface area contributed by atoms with Gasteiger partial charge in [-0.2, -0.15) is 10.1 Å². The molecule has 0 spiro atoms. The third kappa shape index (κ3) is 3.89. The summed E-state index contributed by atoms with van der Waals surface area (Å²) in [5, 5.41) is 17.4. The van der Waals surface area contributed by atoms with Crippen molar-refractivity contribution in [3.8, 4) is 11.5 Å². The topological polar surface area (TPSA) is 98.5 Å². The van der Waals surface area contributed by atoms with Gasteiger partial charge in [0.2, 0.25) is 5.95 Å². The summed E-state index contributed by atoms with van der Waals surface area (Å²) < 4.78 is 26.8. The minimum absolute atomic E-state index is 0.0300. The first-order valence-corrected chi connectivity index (χ1v) is 10.1. The highest BCUT2D eigenvalue weighted by Gasteiger charge is 2.34. The molecule has 2 heterocycles. The molecule has 32 heavy (non-hydrogen) atoms. The van der Waals surface area contributed by atoms with E-state index in [1.807, 2.05) is 6.92 Å². The van der Waals surface area contributed by atoms with Crippen LogP contribution in [0.1, 0.15) is 36.8 Å². The molecule has 0 radical (unpaired) electrons. The number of fused-ring (bicyclic) bond motifs is 1. The summed E-state index contributed by atoms with van der Waals surface area (Å²) in [4.78, 5) is 16.5. The number of nitrogens with one attached hydrogen (secondary N) is 1. The lowest BCUT2D eigenvalue weighted by molar-refractivity contribution is -0.133. The van der Waals surface area contributed by atoms with E-state index in [1.54, 1.807) is 48.0 Å². The molecule has 0 bridgehead atoms. The molecule has 1 aliphatic heterocycles. The molecule has 0 amide bonds. The first-order valence-electron chi connectivity index (χ1n) is 10.1. The number of allylic oxidation sites excluding steroid dienone is 1. The Morgan fingerprint density at radius 1 is 1.25 bits per heavy atom. The zero-order valence-electron chi connectivity index (χ0n) is 17.9. The fraction of sp³-hybridized carbons (Fsp3) is 0.261. The smallest absolute Gasteiger partial charge is 0.335 e. The lowest BCUT2D eigenvalue weighted by Crippen LogP contribution is -2.28. The molecule has 2 aromatic carbocycles. The Hall–Kier alpha value is -3.88. The van der Waals surface area contributed by atoms with Crippen LogP contribution in [0.4, 0.5) is 10.3 Å². The van der Waals surface area contributed by atoms with Gasteiger partial charge in [-0.3, -0.25) is 0 Å². The average molecular weight is 438 g/mol. The predicted molar refractivity (Wildman–Crippen MR) is 115 cm³/mol. The van der Waals surface area contributed by atoms with E-state index in [4.69, 9.17) is 9.47 Å². The van der Waals surface area contributed by atoms with Crippen LogP contribution in [0, 0.1) is 5.82 Å². The van der Waals surface area contributed by atoms with Crippen LogP contribution in [-0.4, -0.2) is 33.0 Å². The second-order valence-corrected chi connectivity index (χ2v) is 7.31. The lowest BCUT2D eigenvalue weighted by Gasteiger charge is -2.27. The van der Waals surface area contributed by atoms with Crippen molar-refractivity contribution in [1.29, 1.82) is 0 Å². The standard InChI is InChI=1S/C23H23FN4O4/c1-4-19-26-23-25-13(2)20(22(29)30)21(28(23)27-19)14-9-10-17(18(11-14)31-3)32-12-15-7-5-6-8-16(15)24/h5-11,21H,4,12H2,1-3H3,(H,29,30)(H,25,26,27). The van der Waals surface area contributed by atoms with Gasteiger partial charge in [0, 0.05) is 17.7 Å². The van der Waals surface area contributed by atoms with Crippen molar-refractivity contribution in [3.63, 3.8) is 0 Å². The number of ether oxygens (including phenoxy) is 2. The van der Waals surface area contributed by atoms with E-state index in [0.717, 1.165) is 0 Å². The predicted octanol–water partition coefficient (Wildman–Crippen LogP) is 3.94. The fourth-order valence-corrected chi connectivity index (χ4v) is 3.67. The zero-order chi connectivity index (χ0) is 22.8. The van der Waals surface area contributed by atoms with Crippen LogP contribution in [-0.2, 0) is 17.8 Å². The van der Waals surface area contributed by atoms with E-state index in [1.165, 1.54) is 13.2 Å². The van der Waals surface area contributed by atoms with E-state index in [0.29, 0.717) is 46.5 Å². The normalized spacial score (nSPS) is 15.2. The van der Waals surface area contributed by atoms with Gasteiger partial charge in [0.05, 0.1) is 12.7 Å². The van der Waals surface area contributed by atoms with Crippen LogP contribution in [0.5, 0.6) is 11.5 Å². The summed E-state index contributed by atoms with van der Waals surface area (Å²) in [6.45, 7) is 3.66. The monoisotopic (exact) mass is 438 g/mol. The molecule has 0 saturated carbocycles. The van der Waals surface area contributed by atoms with E-state index in [2.05, 4.69) is 15.4 Å². The zero-order valence-corrected chi connectivity index (χ0v) is 17.9. The quantitative estimate of drug-likeness (QED) is 0.576. The summed E-state index contributed by atoms with van der Waals surface area (Å²) in [7, 11) is 1.49. The van der Waals surface area contributed by atoms with Crippen LogP contribution in [0.3, 0.4) is 0 Å². The number of rotatable bonds is 7. The molecule has 1 aromatic heterocycles. The number of methoxy groups -OCH3 is 1. The Bertz CT molecular complexity index is 1200. The van der Waals surface area contributed by atoms with Crippen molar-refractivity contribution in [2.24, 2.45) is 0 Å². The number of benzene rings is 2. The number of carboxylic acid groups (broad SMARTS) is 1. The van der Waals surface area contributed by atoms with Crippen molar-refractivity contribution in [1.82, 2.24) is 14.8 Å². The SMILES string of the molecule is CCc1nc2n(n1)C(c1ccc(OCc3ccccc3F)c(OC)c1)C(C(=O)O)=C(C)N2. The van der Waals surface area contributed by atoms with E-state index < -0.39 is 12.0 Å². The van der Waals surface area contributed by atoms with Crippen molar-refractivity contribution < 1.29 is 23.8 Å². The molecule has 0 aliphatic carbocycles. The molecule has 0 saturated heterocycles. The Kier molecular flexibility index (Phi) is 5.81. The van der Waals surface area contributed by atoms with Gasteiger partial charge in [-0.15, -0.1) is 0 Å². The van der Waals surface area contributed by atoms with Crippen LogP contribution < -0.4 is 14.8 Å². The van der Waals surface area contributed by atoms with Crippen LogP contribution in [0.2, 0.25) is 0 Å². The third-order valence-electron chi connectivity index (χ3n) is 5.29. The summed E-state index contributed by atoms with van der Waals surface area (Å²) >= 11 is 0. The molecule has 1 atom stereocenters. The second kappa shape index (κ2) is 8.70. The minimum atomic E-state index is -1.06. The van der Waals surface area contributed by atoms with Gasteiger partial charge in [0.1, 0.15) is 18.5 Å². The van der Waals surface area contributed by atoms with Gasteiger partial charge in [0.25, 0.3) is 0 Å². The molecule has 9 heteroatoms. The number of carbonyl (C=O) groups is 1. The van der Waals surface area contributed by atoms with Gasteiger partial charge < -0.3 is 19.9 Å². The Morgan fingerprint density at radius 3 is 2.72 bits per heavy atom. The maximum absolute atomic E-state index is 13.9. The first kappa shape index (κ1) is 21.4. The van der Waals surface area contributed by atoms with Crippen molar-refractivity contribution in [2.45, 2.75) is 32.9 Å². The Balaban J connectivity index is 1.71. The van der Waals surface area contributed by atoms with Gasteiger partial charge in [-0.1, -0.05) is 31.2 Å². The van der Waals surface area contributed by atoms with Gasteiger partial charge in [-0.25, -0.2) is 13.9 Å². The van der Waals surface area contributed by atoms with Crippen molar-refractivity contribution in [3.05, 3.63) is 76.5 Å². The molecule has 8 nitrogen and oxygen atoms in total. The second-order valence-electron chi connectivity index (χ2n) is 7.31. The number of carboxylic acids is 1. The molecular weight excluding hydrogens is 415 g/mol. The van der Waals surface area contributed by atoms with E-state index >= 15 is 0 Å². The van der Waals surface area contributed by atoms with Gasteiger partial charge in [-0.05, 0) is 30.7 Å². The van der Waals surface area contributed by atoms with E-state index in [-0.39, 0.29) is 18.0 Å².